The number of hydrogen-bond acceptors (Lipinski definition) is 4. The Kier molecular flexibility index (Phi) is 4.11. The van der Waals surface area contributed by atoms with E-state index >= 15 is 0 Å². The Morgan fingerprint density at radius 3 is 2.75 bits per heavy atom. The molecule has 0 saturated carbocycles. The van der Waals surface area contributed by atoms with Crippen molar-refractivity contribution in [2.24, 2.45) is 0 Å². The van der Waals surface area contributed by atoms with Gasteiger partial charge in [-0.15, -0.1) is 23.1 Å². The number of thiophene rings is 1. The molecule has 0 radical (unpaired) electrons. The molecule has 2 heterocycles. The minimum absolute atomic E-state index is 0.599. The maximum Gasteiger partial charge on any atom is 0.200 e. The summed E-state index contributed by atoms with van der Waals surface area (Å²) in [5.74, 6) is 0.840. The van der Waals surface area contributed by atoms with Crippen molar-refractivity contribution in [2.75, 3.05) is 6.26 Å². The number of rotatable bonds is 3. The zero-order valence-corrected chi connectivity index (χ0v) is 14.5. The van der Waals surface area contributed by atoms with Crippen molar-refractivity contribution in [3.8, 4) is 16.4 Å². The van der Waals surface area contributed by atoms with Gasteiger partial charge in [0.2, 0.25) is 0 Å². The van der Waals surface area contributed by atoms with Gasteiger partial charge in [0.05, 0.1) is 9.09 Å². The van der Waals surface area contributed by atoms with Crippen molar-refractivity contribution in [1.82, 2.24) is 14.8 Å². The van der Waals surface area contributed by atoms with E-state index in [0.717, 1.165) is 20.9 Å². The Morgan fingerprint density at radius 2 is 2.10 bits per heavy atom. The van der Waals surface area contributed by atoms with Crippen LogP contribution in [0.1, 0.15) is 0 Å². The molecule has 102 valence electrons. The van der Waals surface area contributed by atoms with Crippen LogP contribution in [0.4, 0.5) is 0 Å². The molecule has 0 amide bonds. The van der Waals surface area contributed by atoms with E-state index in [9.17, 15) is 0 Å². The van der Waals surface area contributed by atoms with Crippen molar-refractivity contribution in [1.29, 1.82) is 0 Å². The second-order valence-corrected chi connectivity index (χ2v) is 7.34. The normalized spacial score (nSPS) is 10.9. The van der Waals surface area contributed by atoms with Crippen molar-refractivity contribution >= 4 is 51.2 Å². The molecule has 0 aliphatic carbocycles. The van der Waals surface area contributed by atoms with Crippen LogP contribution in [-0.2, 0) is 0 Å². The molecule has 0 bridgehead atoms. The van der Waals surface area contributed by atoms with E-state index in [4.69, 9.17) is 12.2 Å². The lowest BCUT2D eigenvalue weighted by Gasteiger charge is -2.04. The van der Waals surface area contributed by atoms with E-state index in [0.29, 0.717) is 4.77 Å². The van der Waals surface area contributed by atoms with Crippen LogP contribution in [0, 0.1) is 4.77 Å². The molecule has 0 atom stereocenters. The average molecular weight is 384 g/mol. The van der Waals surface area contributed by atoms with Gasteiger partial charge in [0, 0.05) is 10.2 Å². The van der Waals surface area contributed by atoms with Gasteiger partial charge in [0.25, 0.3) is 0 Å². The van der Waals surface area contributed by atoms with Crippen LogP contribution in [0.2, 0.25) is 0 Å². The summed E-state index contributed by atoms with van der Waals surface area (Å²) in [7, 11) is 0. The van der Waals surface area contributed by atoms with Crippen molar-refractivity contribution < 1.29 is 0 Å². The minimum Gasteiger partial charge on any atom is -0.267 e. The molecule has 3 nitrogen and oxygen atoms in total. The van der Waals surface area contributed by atoms with Gasteiger partial charge < -0.3 is 0 Å². The zero-order valence-electron chi connectivity index (χ0n) is 10.5. The van der Waals surface area contributed by atoms with Gasteiger partial charge in [0.1, 0.15) is 0 Å². The van der Waals surface area contributed by atoms with Crippen molar-refractivity contribution in [2.45, 2.75) is 4.21 Å². The molecule has 3 rings (SSSR count). The average Bonchev–Trinajstić information content (AvgIpc) is 3.02. The lowest BCUT2D eigenvalue weighted by molar-refractivity contribution is 1.04. The summed E-state index contributed by atoms with van der Waals surface area (Å²) >= 11 is 12.4. The number of nitrogens with zero attached hydrogens (tertiary/aromatic N) is 2. The Hall–Kier alpha value is -0.890. The number of hydrogen-bond donors (Lipinski definition) is 1. The van der Waals surface area contributed by atoms with Gasteiger partial charge in [-0.1, -0.05) is 18.2 Å². The zero-order chi connectivity index (χ0) is 14.1. The van der Waals surface area contributed by atoms with Crippen LogP contribution in [0.5, 0.6) is 0 Å². The third-order valence-corrected chi connectivity index (χ3v) is 6.44. The predicted octanol–water partition coefficient (Wildman–Crippen LogP) is 5.14. The first-order chi connectivity index (χ1) is 9.70. The fraction of sp³-hybridized carbons (Fsp3) is 0.0769. The van der Waals surface area contributed by atoms with E-state index in [1.807, 2.05) is 34.9 Å². The van der Waals surface area contributed by atoms with Gasteiger partial charge in [-0.3, -0.25) is 9.67 Å². The number of benzene rings is 1. The van der Waals surface area contributed by atoms with Gasteiger partial charge in [-0.2, -0.15) is 5.10 Å². The highest BCUT2D eigenvalue weighted by Gasteiger charge is 2.15. The first kappa shape index (κ1) is 14.1. The van der Waals surface area contributed by atoms with Gasteiger partial charge >= 0.3 is 0 Å². The quantitative estimate of drug-likeness (QED) is 0.501. The summed E-state index contributed by atoms with van der Waals surface area (Å²) in [6.07, 6.45) is 2.06. The van der Waals surface area contributed by atoms with E-state index in [1.165, 1.54) is 4.21 Å². The number of halogens is 1. The molecule has 7 heteroatoms. The van der Waals surface area contributed by atoms with E-state index in [-0.39, 0.29) is 0 Å². The van der Waals surface area contributed by atoms with Crippen LogP contribution in [0.3, 0.4) is 0 Å². The maximum atomic E-state index is 5.36. The highest BCUT2D eigenvalue weighted by atomic mass is 79.9. The summed E-state index contributed by atoms with van der Waals surface area (Å²) in [5.41, 5.74) is 1.01. The molecule has 1 N–H and O–H groups in total. The summed E-state index contributed by atoms with van der Waals surface area (Å²) in [4.78, 5) is 1.08. The summed E-state index contributed by atoms with van der Waals surface area (Å²) in [6, 6.07) is 12.1. The van der Waals surface area contributed by atoms with E-state index in [1.54, 1.807) is 23.1 Å². The smallest absolute Gasteiger partial charge is 0.200 e. The van der Waals surface area contributed by atoms with Crippen LogP contribution >= 0.6 is 51.2 Å². The molecular weight excluding hydrogens is 374 g/mol. The minimum atomic E-state index is 0.599. The Morgan fingerprint density at radius 1 is 1.35 bits per heavy atom. The highest BCUT2D eigenvalue weighted by molar-refractivity contribution is 9.10. The molecule has 0 fully saturated rings. The first-order valence-electron chi connectivity index (χ1n) is 5.77. The van der Waals surface area contributed by atoms with Gasteiger partial charge in [0.15, 0.2) is 10.6 Å². The molecule has 0 aliphatic rings. The summed E-state index contributed by atoms with van der Waals surface area (Å²) in [6.45, 7) is 0. The number of para-hydroxylation sites is 1. The molecular formula is C13H10BrN3S3. The SMILES string of the molecule is CSc1sc(-c2n[nH]c(=S)n2-c2ccccc2)cc1Br. The van der Waals surface area contributed by atoms with Gasteiger partial charge in [-0.05, 0) is 52.6 Å². The number of thioether (sulfide) groups is 1. The predicted molar refractivity (Wildman–Crippen MR) is 91.5 cm³/mol. The van der Waals surface area contributed by atoms with Crippen LogP contribution in [0.25, 0.3) is 16.4 Å². The van der Waals surface area contributed by atoms with Crippen LogP contribution < -0.4 is 0 Å². The number of nitrogens with one attached hydrogen (secondary N) is 1. The largest absolute Gasteiger partial charge is 0.267 e. The summed E-state index contributed by atoms with van der Waals surface area (Å²) in [5, 5.41) is 7.26. The lowest BCUT2D eigenvalue weighted by Crippen LogP contribution is -1.96. The molecule has 0 aliphatic heterocycles. The Bertz CT molecular complexity index is 789. The fourth-order valence-electron chi connectivity index (χ4n) is 1.88. The highest BCUT2D eigenvalue weighted by Crippen LogP contribution is 2.39. The fourth-order valence-corrected chi connectivity index (χ4v) is 4.84. The Labute approximate surface area is 138 Å². The molecule has 3 aromatic rings. The molecule has 1 aromatic carbocycles. The van der Waals surface area contributed by atoms with E-state index in [2.05, 4.69) is 38.4 Å². The molecule has 2 aromatic heterocycles. The summed E-state index contributed by atoms with van der Waals surface area (Å²) < 4.78 is 4.88. The van der Waals surface area contributed by atoms with Crippen LogP contribution in [0.15, 0.2) is 45.1 Å². The lowest BCUT2D eigenvalue weighted by atomic mass is 10.3. The third-order valence-electron chi connectivity index (χ3n) is 2.75. The molecule has 0 spiro atoms. The first-order valence-corrected chi connectivity index (χ1v) is 9.01. The maximum absolute atomic E-state index is 5.36. The van der Waals surface area contributed by atoms with Gasteiger partial charge in [-0.25, -0.2) is 0 Å². The molecule has 0 saturated heterocycles. The standard InChI is InChI=1S/C13H10BrN3S3/c1-19-12-9(14)7-10(20-12)11-15-16-13(18)17(11)8-5-3-2-4-6-8/h2-7H,1H3,(H,16,18). The monoisotopic (exact) mass is 383 g/mol. The van der Waals surface area contributed by atoms with Crippen molar-refractivity contribution in [3.63, 3.8) is 0 Å². The van der Waals surface area contributed by atoms with Crippen LogP contribution in [-0.4, -0.2) is 21.0 Å². The molecule has 0 unspecified atom stereocenters. The topological polar surface area (TPSA) is 33.6 Å². The number of aromatic nitrogens is 3. The Balaban J connectivity index is 2.18. The second kappa shape index (κ2) is 5.85. The van der Waals surface area contributed by atoms with Crippen molar-refractivity contribution in [3.05, 3.63) is 45.6 Å². The van der Waals surface area contributed by atoms with E-state index < -0.39 is 0 Å². The second-order valence-electron chi connectivity index (χ2n) is 3.97. The molecule has 20 heavy (non-hydrogen) atoms. The number of H-pyrrole nitrogens is 1. The number of aromatic amines is 1. The third kappa shape index (κ3) is 2.50.